The molecule has 0 saturated heterocycles. The zero-order chi connectivity index (χ0) is 19.8. The Hall–Kier alpha value is -2.64. The summed E-state index contributed by atoms with van der Waals surface area (Å²) in [6.45, 7) is 3.80. The van der Waals surface area contributed by atoms with Gasteiger partial charge in [0, 0.05) is 30.7 Å². The Labute approximate surface area is 158 Å². The smallest absolute Gasteiger partial charge is 0.242 e. The molecule has 0 saturated carbocycles. The van der Waals surface area contributed by atoms with Gasteiger partial charge < -0.3 is 9.73 Å². The summed E-state index contributed by atoms with van der Waals surface area (Å²) in [4.78, 5) is 12.7. The molecule has 0 aliphatic heterocycles. The molecule has 1 N–H and O–H groups in total. The largest absolute Gasteiger partial charge is 0.464 e. The molecule has 142 valence electrons. The van der Waals surface area contributed by atoms with Crippen LogP contribution in [-0.2, 0) is 21.2 Å². The Bertz CT molecular complexity index is 1110. The summed E-state index contributed by atoms with van der Waals surface area (Å²) >= 11 is 0. The lowest BCUT2D eigenvalue weighted by Crippen LogP contribution is -2.22. The van der Waals surface area contributed by atoms with Crippen LogP contribution in [0, 0.1) is 13.8 Å². The fourth-order valence-corrected chi connectivity index (χ4v) is 3.73. The number of rotatable bonds is 5. The van der Waals surface area contributed by atoms with Gasteiger partial charge in [0.15, 0.2) is 0 Å². The van der Waals surface area contributed by atoms with Crippen LogP contribution >= 0.6 is 0 Å². The van der Waals surface area contributed by atoms with Crippen LogP contribution in [0.2, 0.25) is 0 Å². The van der Waals surface area contributed by atoms with Gasteiger partial charge in [-0.05, 0) is 43.2 Å². The van der Waals surface area contributed by atoms with Gasteiger partial charge in [0.25, 0.3) is 0 Å². The summed E-state index contributed by atoms with van der Waals surface area (Å²) in [5.41, 5.74) is 3.88. The normalized spacial score (nSPS) is 11.9. The zero-order valence-corrected chi connectivity index (χ0v) is 16.6. The van der Waals surface area contributed by atoms with Gasteiger partial charge in [0.05, 0.1) is 17.6 Å². The Kier molecular flexibility index (Phi) is 5.08. The van der Waals surface area contributed by atoms with E-state index in [1.54, 1.807) is 12.3 Å². The fourth-order valence-electron chi connectivity index (χ4n) is 2.80. The van der Waals surface area contributed by atoms with Crippen LogP contribution in [0.4, 0.5) is 5.69 Å². The minimum atomic E-state index is -3.57. The van der Waals surface area contributed by atoms with E-state index >= 15 is 0 Å². The molecule has 1 amide bonds. The second-order valence-electron chi connectivity index (χ2n) is 6.75. The van der Waals surface area contributed by atoms with Crippen molar-refractivity contribution in [1.82, 2.24) is 4.31 Å². The number of carbonyl (C=O) groups excluding carboxylic acids is 1. The van der Waals surface area contributed by atoms with Crippen LogP contribution in [-0.4, -0.2) is 32.7 Å². The van der Waals surface area contributed by atoms with Crippen molar-refractivity contribution in [3.8, 4) is 0 Å². The fraction of sp³-hybridized carbons (Fsp3) is 0.250. The van der Waals surface area contributed by atoms with Crippen LogP contribution in [0.25, 0.3) is 11.0 Å². The van der Waals surface area contributed by atoms with Gasteiger partial charge >= 0.3 is 0 Å². The number of carbonyl (C=O) groups is 1. The molecule has 0 spiro atoms. The molecule has 0 bridgehead atoms. The van der Waals surface area contributed by atoms with E-state index in [2.05, 4.69) is 5.32 Å². The number of aryl methyl sites for hydroxylation is 2. The molecule has 0 atom stereocenters. The molecular formula is C20H22N2O4S. The first-order valence-corrected chi connectivity index (χ1v) is 9.92. The van der Waals surface area contributed by atoms with Crippen molar-refractivity contribution in [1.29, 1.82) is 0 Å². The molecule has 0 fully saturated rings. The third kappa shape index (κ3) is 3.89. The van der Waals surface area contributed by atoms with Crippen LogP contribution < -0.4 is 5.32 Å². The van der Waals surface area contributed by atoms with E-state index in [1.807, 2.05) is 32.0 Å². The minimum Gasteiger partial charge on any atom is -0.464 e. The first-order valence-electron chi connectivity index (χ1n) is 8.48. The minimum absolute atomic E-state index is 0.137. The number of fused-ring (bicyclic) bond motifs is 1. The number of sulfonamides is 1. The molecule has 7 heteroatoms. The van der Waals surface area contributed by atoms with Gasteiger partial charge in [0.1, 0.15) is 5.58 Å². The molecule has 1 heterocycles. The van der Waals surface area contributed by atoms with Crippen LogP contribution in [0.5, 0.6) is 0 Å². The van der Waals surface area contributed by atoms with Gasteiger partial charge in [-0.15, -0.1) is 0 Å². The van der Waals surface area contributed by atoms with Gasteiger partial charge in [-0.3, -0.25) is 4.79 Å². The Morgan fingerprint density at radius 3 is 2.56 bits per heavy atom. The third-order valence-corrected chi connectivity index (χ3v) is 6.24. The molecule has 0 aliphatic carbocycles. The SMILES string of the molecule is Cc1ccc2c(CC(=O)Nc3cc(S(=O)(=O)N(C)C)ccc3C)coc2c1. The van der Waals surface area contributed by atoms with Crippen molar-refractivity contribution < 1.29 is 17.6 Å². The highest BCUT2D eigenvalue weighted by atomic mass is 32.2. The maximum atomic E-state index is 12.5. The molecule has 2 aromatic carbocycles. The molecule has 1 aromatic heterocycles. The summed E-state index contributed by atoms with van der Waals surface area (Å²) in [6.07, 6.45) is 1.73. The van der Waals surface area contributed by atoms with Crippen molar-refractivity contribution in [2.75, 3.05) is 19.4 Å². The average molecular weight is 386 g/mol. The molecule has 0 radical (unpaired) electrons. The highest BCUT2D eigenvalue weighted by molar-refractivity contribution is 7.89. The third-order valence-electron chi connectivity index (χ3n) is 4.42. The van der Waals surface area contributed by atoms with Crippen molar-refractivity contribution in [2.45, 2.75) is 25.2 Å². The van der Waals surface area contributed by atoms with Crippen molar-refractivity contribution in [2.24, 2.45) is 0 Å². The monoisotopic (exact) mass is 386 g/mol. The van der Waals surface area contributed by atoms with Crippen molar-refractivity contribution >= 4 is 32.6 Å². The number of nitrogens with one attached hydrogen (secondary N) is 1. The van der Waals surface area contributed by atoms with E-state index in [0.717, 1.165) is 32.0 Å². The highest BCUT2D eigenvalue weighted by Gasteiger charge is 2.19. The molecule has 27 heavy (non-hydrogen) atoms. The Morgan fingerprint density at radius 1 is 1.11 bits per heavy atom. The average Bonchev–Trinajstić information content (AvgIpc) is 2.98. The predicted octanol–water partition coefficient (Wildman–Crippen LogP) is 3.48. The summed E-state index contributed by atoms with van der Waals surface area (Å²) < 4.78 is 31.3. The lowest BCUT2D eigenvalue weighted by Gasteiger charge is -2.14. The summed E-state index contributed by atoms with van der Waals surface area (Å²) in [6, 6.07) is 10.5. The van der Waals surface area contributed by atoms with Crippen LogP contribution in [0.3, 0.4) is 0 Å². The van der Waals surface area contributed by atoms with Crippen molar-refractivity contribution in [3.63, 3.8) is 0 Å². The Balaban J connectivity index is 1.83. The second kappa shape index (κ2) is 7.17. The maximum absolute atomic E-state index is 12.5. The lowest BCUT2D eigenvalue weighted by molar-refractivity contribution is -0.115. The van der Waals surface area contributed by atoms with E-state index in [4.69, 9.17) is 4.42 Å². The summed E-state index contributed by atoms with van der Waals surface area (Å²) in [5.74, 6) is -0.235. The topological polar surface area (TPSA) is 79.6 Å². The van der Waals surface area contributed by atoms with Gasteiger partial charge in [-0.2, -0.15) is 0 Å². The van der Waals surface area contributed by atoms with E-state index in [0.29, 0.717) is 5.69 Å². The number of anilines is 1. The molecule has 3 aromatic rings. The summed E-state index contributed by atoms with van der Waals surface area (Å²) in [7, 11) is -0.625. The van der Waals surface area contributed by atoms with Gasteiger partial charge in [-0.25, -0.2) is 12.7 Å². The number of amides is 1. The Morgan fingerprint density at radius 2 is 1.85 bits per heavy atom. The molecule has 3 rings (SSSR count). The van der Waals surface area contributed by atoms with Crippen LogP contribution in [0.15, 0.2) is 52.0 Å². The quantitative estimate of drug-likeness (QED) is 0.728. The number of hydrogen-bond acceptors (Lipinski definition) is 4. The standard InChI is InChI=1S/C20H22N2O4S/c1-13-5-8-17-15(12-26-19(17)9-13)10-20(23)21-18-11-16(7-6-14(18)2)27(24,25)22(3)4/h5-9,11-12H,10H2,1-4H3,(H,21,23). The lowest BCUT2D eigenvalue weighted by atomic mass is 10.1. The molecule has 6 nitrogen and oxygen atoms in total. The van der Waals surface area contributed by atoms with Gasteiger partial charge in [-0.1, -0.05) is 18.2 Å². The first-order chi connectivity index (χ1) is 12.7. The van der Waals surface area contributed by atoms with E-state index in [-0.39, 0.29) is 17.2 Å². The van der Waals surface area contributed by atoms with Gasteiger partial charge in [0.2, 0.25) is 15.9 Å². The zero-order valence-electron chi connectivity index (χ0n) is 15.7. The number of nitrogens with zero attached hydrogens (tertiary/aromatic N) is 1. The van der Waals surface area contributed by atoms with E-state index < -0.39 is 10.0 Å². The molecule has 0 unspecified atom stereocenters. The number of furan rings is 1. The molecule has 0 aliphatic rings. The highest BCUT2D eigenvalue weighted by Crippen LogP contribution is 2.25. The van der Waals surface area contributed by atoms with E-state index in [1.165, 1.54) is 26.2 Å². The van der Waals surface area contributed by atoms with E-state index in [9.17, 15) is 13.2 Å². The number of benzene rings is 2. The first kappa shape index (κ1) is 19.1. The van der Waals surface area contributed by atoms with Crippen LogP contribution in [0.1, 0.15) is 16.7 Å². The molecular weight excluding hydrogens is 364 g/mol. The van der Waals surface area contributed by atoms with Crippen molar-refractivity contribution in [3.05, 3.63) is 59.4 Å². The predicted molar refractivity (Wildman–Crippen MR) is 105 cm³/mol. The summed E-state index contributed by atoms with van der Waals surface area (Å²) in [5, 5.41) is 3.71. The second-order valence-corrected chi connectivity index (χ2v) is 8.90. The maximum Gasteiger partial charge on any atom is 0.242 e. The number of hydrogen-bond donors (Lipinski definition) is 1.